The van der Waals surface area contributed by atoms with Crippen LogP contribution in [0.15, 0.2) is 48.8 Å². The summed E-state index contributed by atoms with van der Waals surface area (Å²) in [6.45, 7) is 7.39. The fourth-order valence-electron chi connectivity index (χ4n) is 4.99. The third-order valence-electron chi connectivity index (χ3n) is 7.53. The number of benzene rings is 2. The number of nitrogens with one attached hydrogen (secondary N) is 2. The summed E-state index contributed by atoms with van der Waals surface area (Å²) < 4.78 is 47.1. The number of aromatic amines is 1. The highest BCUT2D eigenvalue weighted by Crippen LogP contribution is 2.31. The van der Waals surface area contributed by atoms with Gasteiger partial charge in [0.05, 0.1) is 23.8 Å². The summed E-state index contributed by atoms with van der Waals surface area (Å²) in [6, 6.07) is 9.42. The molecular weight excluding hydrogens is 535 g/mol. The second-order valence-corrected chi connectivity index (χ2v) is 10.5. The normalized spacial score (nSPS) is 14.0. The number of amides is 1. The van der Waals surface area contributed by atoms with Crippen LogP contribution in [0.3, 0.4) is 0 Å². The van der Waals surface area contributed by atoms with Crippen LogP contribution < -0.4 is 15.0 Å². The highest BCUT2D eigenvalue weighted by molar-refractivity contribution is 6.05. The molecule has 5 rings (SSSR count). The van der Waals surface area contributed by atoms with Crippen LogP contribution in [0, 0.1) is 13.8 Å². The van der Waals surface area contributed by atoms with Gasteiger partial charge in [-0.05, 0) is 63.5 Å². The van der Waals surface area contributed by atoms with E-state index in [1.807, 2.05) is 49.8 Å². The Kier molecular flexibility index (Phi) is 7.85. The number of carbonyl (C=O) groups excluding carboxylic acids is 1. The Morgan fingerprint density at radius 2 is 1.88 bits per heavy atom. The maximum Gasteiger partial charge on any atom is 0.573 e. The minimum absolute atomic E-state index is 0.207. The molecule has 2 aromatic heterocycles. The number of halogens is 3. The molecule has 12 heteroatoms. The summed E-state index contributed by atoms with van der Waals surface area (Å²) >= 11 is 0. The van der Waals surface area contributed by atoms with Crippen molar-refractivity contribution in [2.24, 2.45) is 7.05 Å². The average molecular weight is 570 g/mol. The van der Waals surface area contributed by atoms with Crippen LogP contribution in [0.1, 0.15) is 34.5 Å². The lowest BCUT2D eigenvalue weighted by atomic mass is 10.1. The van der Waals surface area contributed by atoms with Crippen LogP contribution in [0.2, 0.25) is 0 Å². The lowest BCUT2D eigenvalue weighted by Gasteiger charge is -2.24. The van der Waals surface area contributed by atoms with Gasteiger partial charge in [0.1, 0.15) is 5.75 Å². The SMILES string of the molecule is Cc1ccc(C(=O)Nc2cc(OC(F)(F)F)cc(N(C)CCN3CCCC3)c2)cc1-n1cc(-c2cnn(C)c2C)[nH]1. The van der Waals surface area contributed by atoms with Gasteiger partial charge in [-0.1, -0.05) is 6.07 Å². The van der Waals surface area contributed by atoms with E-state index in [-0.39, 0.29) is 5.69 Å². The van der Waals surface area contributed by atoms with E-state index in [0.29, 0.717) is 17.8 Å². The van der Waals surface area contributed by atoms with Crippen molar-refractivity contribution in [1.29, 1.82) is 0 Å². The van der Waals surface area contributed by atoms with Crippen LogP contribution in [0.5, 0.6) is 5.75 Å². The van der Waals surface area contributed by atoms with Gasteiger partial charge >= 0.3 is 6.36 Å². The first-order chi connectivity index (χ1) is 19.5. The molecule has 0 saturated carbocycles. The number of likely N-dealkylation sites (tertiary alicyclic amines) is 1. The Labute approximate surface area is 236 Å². The third-order valence-corrected chi connectivity index (χ3v) is 7.53. The maximum absolute atomic E-state index is 13.3. The van der Waals surface area contributed by atoms with Gasteiger partial charge in [0.2, 0.25) is 0 Å². The molecule has 41 heavy (non-hydrogen) atoms. The zero-order chi connectivity index (χ0) is 29.3. The number of likely N-dealkylation sites (N-methyl/N-ethyl adjacent to an activating group) is 1. The first kappa shape index (κ1) is 28.3. The number of nitrogens with zero attached hydrogens (tertiary/aromatic N) is 5. The predicted molar refractivity (Wildman–Crippen MR) is 152 cm³/mol. The van der Waals surface area contributed by atoms with Crippen LogP contribution in [-0.4, -0.2) is 70.0 Å². The number of alkyl halides is 3. The van der Waals surface area contributed by atoms with Crippen molar-refractivity contribution >= 4 is 17.3 Å². The van der Waals surface area contributed by atoms with Crippen molar-refractivity contribution in [3.63, 3.8) is 0 Å². The summed E-state index contributed by atoms with van der Waals surface area (Å²) in [7, 11) is 3.69. The number of aryl methyl sites for hydroxylation is 2. The molecule has 0 unspecified atom stereocenters. The van der Waals surface area contributed by atoms with E-state index in [1.54, 1.807) is 29.1 Å². The van der Waals surface area contributed by atoms with Gasteiger partial charge < -0.3 is 19.9 Å². The van der Waals surface area contributed by atoms with Gasteiger partial charge in [-0.25, -0.2) is 0 Å². The number of hydrogen-bond donors (Lipinski definition) is 2. The molecule has 2 aromatic carbocycles. The fourth-order valence-corrected chi connectivity index (χ4v) is 4.99. The first-order valence-electron chi connectivity index (χ1n) is 13.5. The van der Waals surface area contributed by atoms with Crippen molar-refractivity contribution in [2.75, 3.05) is 43.4 Å². The van der Waals surface area contributed by atoms with Gasteiger partial charge in [-0.15, -0.1) is 13.2 Å². The van der Waals surface area contributed by atoms with Crippen molar-refractivity contribution in [2.45, 2.75) is 33.1 Å². The minimum atomic E-state index is -4.86. The molecule has 0 bridgehead atoms. The molecule has 218 valence electrons. The second-order valence-electron chi connectivity index (χ2n) is 10.5. The van der Waals surface area contributed by atoms with E-state index in [2.05, 4.69) is 25.2 Å². The number of aromatic nitrogens is 4. The van der Waals surface area contributed by atoms with Crippen LogP contribution in [-0.2, 0) is 7.05 Å². The molecule has 0 radical (unpaired) electrons. The summed E-state index contributed by atoms with van der Waals surface area (Å²) in [5.74, 6) is -0.843. The monoisotopic (exact) mass is 569 g/mol. The molecular formula is C29H34F3N7O2. The maximum atomic E-state index is 13.3. The predicted octanol–water partition coefficient (Wildman–Crippen LogP) is 5.51. The van der Waals surface area contributed by atoms with Gasteiger partial charge in [0, 0.05) is 67.5 Å². The Morgan fingerprint density at radius 3 is 2.54 bits per heavy atom. The number of carbonyl (C=O) groups is 1. The molecule has 1 saturated heterocycles. The van der Waals surface area contributed by atoms with Crippen LogP contribution >= 0.6 is 0 Å². The van der Waals surface area contributed by atoms with Gasteiger partial charge in [0.15, 0.2) is 0 Å². The van der Waals surface area contributed by atoms with Crippen molar-refractivity contribution in [3.05, 3.63) is 65.6 Å². The lowest BCUT2D eigenvalue weighted by Crippen LogP contribution is -2.31. The third kappa shape index (κ3) is 6.59. The molecule has 0 spiro atoms. The molecule has 0 atom stereocenters. The van der Waals surface area contributed by atoms with E-state index in [4.69, 9.17) is 0 Å². The van der Waals surface area contributed by atoms with Gasteiger partial charge in [-0.2, -0.15) is 5.10 Å². The van der Waals surface area contributed by atoms with E-state index in [1.165, 1.54) is 12.1 Å². The Hall–Kier alpha value is -4.19. The topological polar surface area (TPSA) is 83.3 Å². The quantitative estimate of drug-likeness (QED) is 0.278. The molecule has 9 nitrogen and oxygen atoms in total. The number of hydrogen-bond acceptors (Lipinski definition) is 5. The van der Waals surface area contributed by atoms with Gasteiger partial charge in [-0.3, -0.25) is 19.3 Å². The first-order valence-corrected chi connectivity index (χ1v) is 13.5. The Balaban J connectivity index is 1.35. The zero-order valence-corrected chi connectivity index (χ0v) is 23.5. The number of H-pyrrole nitrogens is 1. The molecule has 0 aliphatic carbocycles. The molecule has 1 amide bonds. The molecule has 1 fully saturated rings. The molecule has 2 N–H and O–H groups in total. The summed E-state index contributed by atoms with van der Waals surface area (Å²) in [6.07, 6.45) is 1.17. The van der Waals surface area contributed by atoms with E-state index in [9.17, 15) is 18.0 Å². The standard InChI is InChI=1S/C29H34F3N7O2/c1-19-7-8-21(13-27(19)39-18-26(35-39)25-17-33-37(4)20(25)2)28(40)34-22-14-23(16-24(15-22)41-29(30,31)32)36(3)11-12-38-9-5-6-10-38/h7-8,13-18,35H,5-6,9-12H2,1-4H3,(H,34,40). The number of ether oxygens (including phenoxy) is 1. The number of rotatable bonds is 9. The van der Waals surface area contributed by atoms with E-state index < -0.39 is 18.0 Å². The number of anilines is 2. The second kappa shape index (κ2) is 11.4. The average Bonchev–Trinajstić information content (AvgIpc) is 3.52. The molecule has 1 aliphatic heterocycles. The Morgan fingerprint density at radius 1 is 1.15 bits per heavy atom. The fraction of sp³-hybridized carbons (Fsp3) is 0.379. The highest BCUT2D eigenvalue weighted by Gasteiger charge is 2.31. The molecule has 1 aliphatic rings. The highest BCUT2D eigenvalue weighted by atomic mass is 19.4. The summed E-state index contributed by atoms with van der Waals surface area (Å²) in [5, 5.41) is 10.3. The van der Waals surface area contributed by atoms with Crippen molar-refractivity contribution in [3.8, 4) is 22.7 Å². The zero-order valence-electron chi connectivity index (χ0n) is 23.5. The van der Waals surface area contributed by atoms with Crippen LogP contribution in [0.25, 0.3) is 16.9 Å². The largest absolute Gasteiger partial charge is 0.573 e. The Bertz CT molecular complexity index is 1520. The van der Waals surface area contributed by atoms with Crippen molar-refractivity contribution in [1.82, 2.24) is 24.5 Å². The van der Waals surface area contributed by atoms with Gasteiger partial charge in [0.25, 0.3) is 5.91 Å². The minimum Gasteiger partial charge on any atom is -0.406 e. The van der Waals surface area contributed by atoms with E-state index >= 15 is 0 Å². The molecule has 4 aromatic rings. The van der Waals surface area contributed by atoms with E-state index in [0.717, 1.165) is 60.7 Å². The lowest BCUT2D eigenvalue weighted by molar-refractivity contribution is -0.274. The summed E-state index contributed by atoms with van der Waals surface area (Å²) in [5.41, 5.74) is 5.71. The smallest absolute Gasteiger partial charge is 0.406 e. The van der Waals surface area contributed by atoms with Crippen LogP contribution in [0.4, 0.5) is 24.5 Å². The molecule has 3 heterocycles. The van der Waals surface area contributed by atoms with Crippen molar-refractivity contribution < 1.29 is 22.7 Å². The summed E-state index contributed by atoms with van der Waals surface area (Å²) in [4.78, 5) is 17.4.